The van der Waals surface area contributed by atoms with Crippen LogP contribution in [0.25, 0.3) is 0 Å². The third-order valence-electron chi connectivity index (χ3n) is 2.99. The van der Waals surface area contributed by atoms with Crippen molar-refractivity contribution in [1.29, 1.82) is 0 Å². The maximum Gasteiger partial charge on any atom is 0.254 e. The number of carbonyl (C=O) groups is 2. The third-order valence-corrected chi connectivity index (χ3v) is 2.99. The fraction of sp³-hybridized carbons (Fsp3) is 0.385. The molecule has 1 fully saturated rings. The molecule has 0 saturated carbocycles. The molecular weight excluding hydrogens is 232 g/mol. The van der Waals surface area contributed by atoms with Gasteiger partial charge >= 0.3 is 0 Å². The first-order valence-corrected chi connectivity index (χ1v) is 5.93. The van der Waals surface area contributed by atoms with Crippen LogP contribution in [0.5, 0.6) is 5.75 Å². The molecule has 5 heteroatoms. The number of phenols is 1. The average Bonchev–Trinajstić information content (AvgIpc) is 2.56. The standard InChI is InChI=1S/C13H16N2O3/c1-9-7-10(3-4-11(9)16)13(18)15-6-2-5-14-12(17)8-15/h3-4,7,16H,2,5-6,8H2,1H3,(H,14,17). The summed E-state index contributed by atoms with van der Waals surface area (Å²) in [5, 5.41) is 12.2. The molecule has 2 N–H and O–H groups in total. The van der Waals surface area contributed by atoms with E-state index in [0.717, 1.165) is 6.42 Å². The van der Waals surface area contributed by atoms with Crippen molar-refractivity contribution in [1.82, 2.24) is 10.2 Å². The smallest absolute Gasteiger partial charge is 0.254 e. The zero-order valence-corrected chi connectivity index (χ0v) is 10.3. The molecule has 0 bridgehead atoms. The zero-order chi connectivity index (χ0) is 13.1. The Morgan fingerprint density at radius 3 is 2.94 bits per heavy atom. The van der Waals surface area contributed by atoms with E-state index < -0.39 is 0 Å². The monoisotopic (exact) mass is 248 g/mol. The van der Waals surface area contributed by atoms with Gasteiger partial charge in [-0.2, -0.15) is 0 Å². The molecule has 1 aromatic rings. The van der Waals surface area contributed by atoms with Crippen LogP contribution in [-0.4, -0.2) is 41.5 Å². The molecule has 0 aliphatic carbocycles. The lowest BCUT2D eigenvalue weighted by molar-refractivity contribution is -0.121. The van der Waals surface area contributed by atoms with E-state index in [9.17, 15) is 14.7 Å². The van der Waals surface area contributed by atoms with Gasteiger partial charge in [0.05, 0.1) is 6.54 Å². The number of benzene rings is 1. The van der Waals surface area contributed by atoms with Crippen LogP contribution in [0.2, 0.25) is 0 Å². The number of aromatic hydroxyl groups is 1. The van der Waals surface area contributed by atoms with Crippen molar-refractivity contribution >= 4 is 11.8 Å². The molecule has 1 aliphatic heterocycles. The van der Waals surface area contributed by atoms with Crippen molar-refractivity contribution in [3.63, 3.8) is 0 Å². The molecule has 0 unspecified atom stereocenters. The minimum absolute atomic E-state index is 0.0960. The number of nitrogens with zero attached hydrogens (tertiary/aromatic N) is 1. The summed E-state index contributed by atoms with van der Waals surface area (Å²) in [6, 6.07) is 4.72. The highest BCUT2D eigenvalue weighted by atomic mass is 16.3. The first-order chi connectivity index (χ1) is 8.58. The van der Waals surface area contributed by atoms with E-state index in [1.165, 1.54) is 11.0 Å². The van der Waals surface area contributed by atoms with E-state index in [0.29, 0.717) is 24.2 Å². The van der Waals surface area contributed by atoms with Crippen LogP contribution in [-0.2, 0) is 4.79 Å². The van der Waals surface area contributed by atoms with Gasteiger partial charge in [-0.05, 0) is 37.1 Å². The van der Waals surface area contributed by atoms with Gasteiger partial charge < -0.3 is 15.3 Å². The normalized spacial score (nSPS) is 16.1. The minimum Gasteiger partial charge on any atom is -0.508 e. The minimum atomic E-state index is -0.171. The van der Waals surface area contributed by atoms with Crippen molar-refractivity contribution in [2.24, 2.45) is 0 Å². The molecule has 18 heavy (non-hydrogen) atoms. The van der Waals surface area contributed by atoms with Crippen LogP contribution in [0.4, 0.5) is 0 Å². The van der Waals surface area contributed by atoms with Gasteiger partial charge in [0, 0.05) is 18.7 Å². The summed E-state index contributed by atoms with van der Waals surface area (Å²) in [7, 11) is 0. The van der Waals surface area contributed by atoms with Gasteiger partial charge in [-0.1, -0.05) is 0 Å². The maximum atomic E-state index is 12.2. The number of phenolic OH excluding ortho intramolecular Hbond substituents is 1. The summed E-state index contributed by atoms with van der Waals surface area (Å²) in [5.41, 5.74) is 1.15. The highest BCUT2D eigenvalue weighted by molar-refractivity contribution is 5.97. The number of carbonyl (C=O) groups excluding carboxylic acids is 2. The topological polar surface area (TPSA) is 69.6 Å². The van der Waals surface area contributed by atoms with E-state index >= 15 is 0 Å². The molecule has 96 valence electrons. The van der Waals surface area contributed by atoms with Crippen LogP contribution in [0.1, 0.15) is 22.3 Å². The summed E-state index contributed by atoms with van der Waals surface area (Å²) in [4.78, 5) is 25.2. The predicted octanol–water partition coefficient (Wildman–Crippen LogP) is 0.663. The number of hydrogen-bond donors (Lipinski definition) is 2. The van der Waals surface area contributed by atoms with Gasteiger partial charge in [0.15, 0.2) is 0 Å². The van der Waals surface area contributed by atoms with E-state index in [1.807, 2.05) is 0 Å². The molecule has 1 heterocycles. The lowest BCUT2D eigenvalue weighted by Crippen LogP contribution is -2.37. The van der Waals surface area contributed by atoms with E-state index in [1.54, 1.807) is 19.1 Å². The Labute approximate surface area is 105 Å². The van der Waals surface area contributed by atoms with Gasteiger partial charge in [-0.15, -0.1) is 0 Å². The van der Waals surface area contributed by atoms with Crippen LogP contribution < -0.4 is 5.32 Å². The molecule has 2 rings (SSSR count). The van der Waals surface area contributed by atoms with Gasteiger partial charge in [0.2, 0.25) is 5.91 Å². The molecule has 5 nitrogen and oxygen atoms in total. The zero-order valence-electron chi connectivity index (χ0n) is 10.3. The molecular formula is C13H16N2O3. The van der Waals surface area contributed by atoms with E-state index in [4.69, 9.17) is 0 Å². The molecule has 2 amide bonds. The lowest BCUT2D eigenvalue weighted by atomic mass is 10.1. The molecule has 0 aromatic heterocycles. The van der Waals surface area contributed by atoms with E-state index in [-0.39, 0.29) is 24.1 Å². The highest BCUT2D eigenvalue weighted by Gasteiger charge is 2.21. The molecule has 1 aromatic carbocycles. The molecule has 0 atom stereocenters. The summed E-state index contributed by atoms with van der Waals surface area (Å²) in [6.45, 7) is 3.01. The number of aryl methyl sites for hydroxylation is 1. The van der Waals surface area contributed by atoms with Crippen molar-refractivity contribution in [2.75, 3.05) is 19.6 Å². The fourth-order valence-electron chi connectivity index (χ4n) is 1.95. The first kappa shape index (κ1) is 12.4. The predicted molar refractivity (Wildman–Crippen MR) is 66.4 cm³/mol. The maximum absolute atomic E-state index is 12.2. The molecule has 1 saturated heterocycles. The average molecular weight is 248 g/mol. The second kappa shape index (κ2) is 5.08. The lowest BCUT2D eigenvalue weighted by Gasteiger charge is -2.19. The van der Waals surface area contributed by atoms with Crippen molar-refractivity contribution < 1.29 is 14.7 Å². The fourth-order valence-corrected chi connectivity index (χ4v) is 1.95. The second-order valence-corrected chi connectivity index (χ2v) is 4.43. The Morgan fingerprint density at radius 2 is 2.22 bits per heavy atom. The van der Waals surface area contributed by atoms with Crippen molar-refractivity contribution in [2.45, 2.75) is 13.3 Å². The van der Waals surface area contributed by atoms with Gasteiger partial charge in [-0.3, -0.25) is 9.59 Å². The second-order valence-electron chi connectivity index (χ2n) is 4.43. The number of nitrogens with one attached hydrogen (secondary N) is 1. The quantitative estimate of drug-likeness (QED) is 0.767. The molecule has 1 aliphatic rings. The SMILES string of the molecule is Cc1cc(C(=O)N2CCCNC(=O)C2)ccc1O. The Morgan fingerprint density at radius 1 is 1.44 bits per heavy atom. The number of rotatable bonds is 1. The summed E-state index contributed by atoms with van der Waals surface area (Å²) >= 11 is 0. The van der Waals surface area contributed by atoms with Gasteiger partial charge in [-0.25, -0.2) is 0 Å². The summed E-state index contributed by atoms with van der Waals surface area (Å²) in [6.07, 6.45) is 0.758. The van der Waals surface area contributed by atoms with Crippen molar-refractivity contribution in [3.8, 4) is 5.75 Å². The van der Waals surface area contributed by atoms with Gasteiger partial charge in [0.25, 0.3) is 5.91 Å². The van der Waals surface area contributed by atoms with E-state index in [2.05, 4.69) is 5.32 Å². The summed E-state index contributed by atoms with van der Waals surface area (Å²) < 4.78 is 0. The molecule has 0 spiro atoms. The molecule has 0 radical (unpaired) electrons. The number of hydrogen-bond acceptors (Lipinski definition) is 3. The number of amides is 2. The first-order valence-electron chi connectivity index (χ1n) is 5.93. The third kappa shape index (κ3) is 2.61. The van der Waals surface area contributed by atoms with Crippen LogP contribution in [0.3, 0.4) is 0 Å². The van der Waals surface area contributed by atoms with Crippen LogP contribution >= 0.6 is 0 Å². The highest BCUT2D eigenvalue weighted by Crippen LogP contribution is 2.18. The van der Waals surface area contributed by atoms with Gasteiger partial charge in [0.1, 0.15) is 5.75 Å². The summed E-state index contributed by atoms with van der Waals surface area (Å²) in [5.74, 6) is -0.133. The largest absolute Gasteiger partial charge is 0.508 e. The van der Waals surface area contributed by atoms with Crippen molar-refractivity contribution in [3.05, 3.63) is 29.3 Å². The van der Waals surface area contributed by atoms with Crippen LogP contribution in [0, 0.1) is 6.92 Å². The van der Waals surface area contributed by atoms with Crippen LogP contribution in [0.15, 0.2) is 18.2 Å². The Kier molecular flexibility index (Phi) is 3.50. The Hall–Kier alpha value is -2.04. The Balaban J connectivity index is 2.19. The Bertz CT molecular complexity index is 485.